The van der Waals surface area contributed by atoms with Crippen LogP contribution >= 0.6 is 0 Å². The highest BCUT2D eigenvalue weighted by molar-refractivity contribution is 7.85. The maximum absolute atomic E-state index is 12.2. The van der Waals surface area contributed by atoms with E-state index < -0.39 is 26.8 Å². The maximum Gasteiger partial charge on any atom is 0.417 e. The van der Waals surface area contributed by atoms with Crippen LogP contribution in [0.1, 0.15) is 5.56 Å². The molecular weight excluding hydrogens is 588 g/mol. The minimum atomic E-state index is -5.09. The number of fused-ring (bicyclic) bond motifs is 2. The van der Waals surface area contributed by atoms with Crippen LogP contribution < -0.4 is 21.2 Å². The Kier molecular flexibility index (Phi) is 7.44. The average molecular weight is 606 g/mol. The molecule has 8 heteroatoms. The number of hydrogen-bond donors (Lipinski definition) is 0. The minimum absolute atomic E-state index is 0.176. The van der Waals surface area contributed by atoms with Crippen molar-refractivity contribution < 1.29 is 47.3 Å². The van der Waals surface area contributed by atoms with Crippen LogP contribution in [0.15, 0.2) is 114 Å². The summed E-state index contributed by atoms with van der Waals surface area (Å²) in [4.78, 5) is -1.24. The molecule has 0 aliphatic rings. The third-order valence-electron chi connectivity index (χ3n) is 5.14. The summed E-state index contributed by atoms with van der Waals surface area (Å²) < 4.78 is 70.9. The molecule has 0 N–H and O–H groups in total. The highest BCUT2D eigenvalue weighted by atomic mass is 127. The summed E-state index contributed by atoms with van der Waals surface area (Å²) in [6.45, 7) is 0. The van der Waals surface area contributed by atoms with Gasteiger partial charge in [0.2, 0.25) is 7.14 Å². The van der Waals surface area contributed by atoms with Gasteiger partial charge in [-0.3, -0.25) is 0 Å². The molecule has 0 fully saturated rings. The van der Waals surface area contributed by atoms with Crippen molar-refractivity contribution in [1.82, 2.24) is 0 Å². The summed E-state index contributed by atoms with van der Waals surface area (Å²) in [5.74, 6) is 0. The molecule has 0 spiro atoms. The second-order valence-electron chi connectivity index (χ2n) is 7.46. The minimum Gasteiger partial charge on any atom is -0.744 e. The van der Waals surface area contributed by atoms with E-state index in [2.05, 4.69) is 84.9 Å². The molecule has 5 aromatic rings. The molecule has 0 aliphatic heterocycles. The Balaban J connectivity index is 0.000000181. The van der Waals surface area contributed by atoms with E-state index in [1.54, 1.807) is 0 Å². The lowest BCUT2D eigenvalue weighted by atomic mass is 10.1. The van der Waals surface area contributed by atoms with Gasteiger partial charge in [0.15, 0.2) is 0 Å². The van der Waals surface area contributed by atoms with E-state index in [-0.39, 0.29) is 21.2 Å². The molecule has 0 aliphatic carbocycles. The fourth-order valence-electron chi connectivity index (χ4n) is 3.57. The van der Waals surface area contributed by atoms with Crippen molar-refractivity contribution in [2.75, 3.05) is 0 Å². The predicted octanol–water partition coefficient (Wildman–Crippen LogP) is 3.73. The maximum atomic E-state index is 12.2. The molecule has 0 bridgehead atoms. The quantitative estimate of drug-likeness (QED) is 0.233. The first kappa shape index (κ1) is 25.2. The van der Waals surface area contributed by atoms with Gasteiger partial charge in [-0.15, -0.1) is 0 Å². The van der Waals surface area contributed by atoms with E-state index in [1.807, 2.05) is 0 Å². The monoisotopic (exact) mass is 606 g/mol. The SMILES string of the molecule is O=S(=O)([O-])c1ccccc1C(F)(F)F.c1ccc2c([I+]c3cccc4ccccc34)cccc2c1. The van der Waals surface area contributed by atoms with Gasteiger partial charge in [-0.1, -0.05) is 72.8 Å². The summed E-state index contributed by atoms with van der Waals surface area (Å²) in [5, 5.41) is 5.49. The smallest absolute Gasteiger partial charge is 0.417 e. The zero-order valence-corrected chi connectivity index (χ0v) is 21.0. The Morgan fingerprint density at radius 3 is 1.49 bits per heavy atom. The van der Waals surface area contributed by atoms with E-state index >= 15 is 0 Å². The van der Waals surface area contributed by atoms with Crippen LogP contribution in [0, 0.1) is 7.14 Å². The topological polar surface area (TPSA) is 57.2 Å². The van der Waals surface area contributed by atoms with Gasteiger partial charge < -0.3 is 4.55 Å². The summed E-state index contributed by atoms with van der Waals surface area (Å²) >= 11 is -0.176. The van der Waals surface area contributed by atoms with Gasteiger partial charge in [-0.05, 0) is 47.2 Å². The lowest BCUT2D eigenvalue weighted by molar-refractivity contribution is -0.592. The van der Waals surface area contributed by atoms with Crippen LogP contribution in [-0.4, -0.2) is 13.0 Å². The molecule has 5 rings (SSSR count). The van der Waals surface area contributed by atoms with E-state index in [9.17, 15) is 26.1 Å². The Bertz CT molecular complexity index is 1510. The van der Waals surface area contributed by atoms with Crippen LogP contribution in [0.25, 0.3) is 21.5 Å². The largest absolute Gasteiger partial charge is 0.744 e. The highest BCUT2D eigenvalue weighted by Gasteiger charge is 2.34. The van der Waals surface area contributed by atoms with Crippen molar-refractivity contribution in [2.24, 2.45) is 0 Å². The second kappa shape index (κ2) is 10.3. The van der Waals surface area contributed by atoms with Crippen molar-refractivity contribution >= 4 is 31.7 Å². The predicted molar refractivity (Wildman–Crippen MR) is 125 cm³/mol. The normalized spacial score (nSPS) is 11.8. The number of hydrogen-bond acceptors (Lipinski definition) is 3. The number of halogens is 4. The zero-order valence-electron chi connectivity index (χ0n) is 18.0. The van der Waals surface area contributed by atoms with Gasteiger partial charge in [0.05, 0.1) is 10.5 Å². The van der Waals surface area contributed by atoms with Gasteiger partial charge in [0.1, 0.15) is 10.1 Å². The van der Waals surface area contributed by atoms with E-state index in [1.165, 1.54) is 28.7 Å². The van der Waals surface area contributed by atoms with Crippen molar-refractivity contribution in [3.63, 3.8) is 0 Å². The third kappa shape index (κ3) is 6.01. The Morgan fingerprint density at radius 2 is 1.03 bits per heavy atom. The molecule has 5 aromatic carbocycles. The molecule has 0 radical (unpaired) electrons. The molecule has 0 heterocycles. The summed E-state index contributed by atoms with van der Waals surface area (Å²) in [7, 11) is -5.09. The fraction of sp³-hybridized carbons (Fsp3) is 0.0370. The fourth-order valence-corrected chi connectivity index (χ4v) is 7.23. The van der Waals surface area contributed by atoms with Crippen LogP contribution in [0.4, 0.5) is 13.2 Å². The molecule has 0 saturated heterocycles. The van der Waals surface area contributed by atoms with Gasteiger partial charge in [0.25, 0.3) is 0 Å². The lowest BCUT2D eigenvalue weighted by Crippen LogP contribution is -3.61. The standard InChI is InChI=1S/C20H14I.C7H5F3O3S/c1-3-11-17-15(7-1)9-5-13-19(17)21-20-14-6-10-16-8-2-4-12-18(16)20;8-7(9,10)5-3-1-2-4-6(5)14(11,12)13/h1-14H;1-4H,(H,11,12,13)/q+1;/p-1. The summed E-state index contributed by atoms with van der Waals surface area (Å²) in [6, 6.07) is 34.0. The number of rotatable bonds is 3. The molecule has 0 unspecified atom stereocenters. The first-order chi connectivity index (χ1) is 16.6. The first-order valence-electron chi connectivity index (χ1n) is 10.4. The first-order valence-corrected chi connectivity index (χ1v) is 13.9. The summed E-state index contributed by atoms with van der Waals surface area (Å²) in [5.41, 5.74) is -1.44. The zero-order chi connectivity index (χ0) is 25.1. The van der Waals surface area contributed by atoms with Crippen LogP contribution in [0.2, 0.25) is 0 Å². The van der Waals surface area contributed by atoms with Crippen LogP contribution in [0.5, 0.6) is 0 Å². The highest BCUT2D eigenvalue weighted by Crippen LogP contribution is 2.33. The molecule has 0 aromatic heterocycles. The molecule has 0 atom stereocenters. The lowest BCUT2D eigenvalue weighted by Gasteiger charge is -2.14. The molecule has 178 valence electrons. The molecular formula is C27H18F3IO3S. The van der Waals surface area contributed by atoms with E-state index in [4.69, 9.17) is 0 Å². The van der Waals surface area contributed by atoms with E-state index in [0.29, 0.717) is 12.1 Å². The Hall–Kier alpha value is -2.95. The van der Waals surface area contributed by atoms with Crippen molar-refractivity contribution in [1.29, 1.82) is 0 Å². The summed E-state index contributed by atoms with van der Waals surface area (Å²) in [6.07, 6.45) is -4.84. The van der Waals surface area contributed by atoms with Crippen molar-refractivity contribution in [3.8, 4) is 0 Å². The van der Waals surface area contributed by atoms with Gasteiger partial charge in [-0.2, -0.15) is 13.2 Å². The van der Waals surface area contributed by atoms with Crippen LogP contribution in [0.3, 0.4) is 0 Å². The average Bonchev–Trinajstić information content (AvgIpc) is 2.84. The molecule has 0 saturated carbocycles. The Morgan fingerprint density at radius 1 is 0.600 bits per heavy atom. The Labute approximate surface area is 211 Å². The number of benzene rings is 5. The van der Waals surface area contributed by atoms with Crippen molar-refractivity contribution in [3.05, 3.63) is 122 Å². The van der Waals surface area contributed by atoms with Gasteiger partial charge >= 0.3 is 27.4 Å². The molecule has 3 nitrogen and oxygen atoms in total. The number of alkyl halides is 3. The molecule has 0 amide bonds. The van der Waals surface area contributed by atoms with E-state index in [0.717, 1.165) is 12.1 Å². The molecule has 35 heavy (non-hydrogen) atoms. The van der Waals surface area contributed by atoms with Gasteiger partial charge in [-0.25, -0.2) is 8.42 Å². The van der Waals surface area contributed by atoms with Crippen LogP contribution in [-0.2, 0) is 16.3 Å². The van der Waals surface area contributed by atoms with Gasteiger partial charge in [0, 0.05) is 10.8 Å². The third-order valence-corrected chi connectivity index (χ3v) is 9.08. The second-order valence-corrected chi connectivity index (χ2v) is 11.7. The van der Waals surface area contributed by atoms with Crippen molar-refractivity contribution in [2.45, 2.75) is 11.1 Å².